The van der Waals surface area contributed by atoms with Gasteiger partial charge in [-0.3, -0.25) is 9.79 Å². The van der Waals surface area contributed by atoms with Crippen LogP contribution in [0.1, 0.15) is 46.1 Å². The Bertz CT molecular complexity index is 616. The van der Waals surface area contributed by atoms with Crippen LogP contribution in [0.4, 0.5) is 5.69 Å². The summed E-state index contributed by atoms with van der Waals surface area (Å²) in [4.78, 5) is 18.6. The van der Waals surface area contributed by atoms with Crippen molar-refractivity contribution < 1.29 is 4.79 Å². The number of hydrogen-bond donors (Lipinski definition) is 3. The number of carbonyl (C=O) groups is 1. The lowest BCUT2D eigenvalue weighted by Crippen LogP contribution is -2.49. The Labute approximate surface area is 163 Å². The van der Waals surface area contributed by atoms with Gasteiger partial charge in [0.05, 0.1) is 0 Å². The van der Waals surface area contributed by atoms with E-state index in [1.54, 1.807) is 0 Å². The monoisotopic (exact) mass is 373 g/mol. The predicted octanol–water partition coefficient (Wildman–Crippen LogP) is 2.82. The van der Waals surface area contributed by atoms with Crippen LogP contribution in [0.2, 0.25) is 0 Å². The van der Waals surface area contributed by atoms with E-state index in [1.165, 1.54) is 0 Å². The average Bonchev–Trinajstić information content (AvgIpc) is 2.66. The van der Waals surface area contributed by atoms with Gasteiger partial charge in [0.25, 0.3) is 0 Å². The SMILES string of the molecule is CN=C(NCc1ccc(NC(=O)C(C)C)cc1)NC1CCN(C(C)C)CC1. The minimum atomic E-state index is -0.0202. The predicted molar refractivity (Wildman–Crippen MR) is 113 cm³/mol. The van der Waals surface area contributed by atoms with E-state index in [9.17, 15) is 4.79 Å². The second kappa shape index (κ2) is 10.3. The molecule has 0 bridgehead atoms. The Morgan fingerprint density at radius 3 is 2.30 bits per heavy atom. The van der Waals surface area contributed by atoms with Crippen LogP contribution < -0.4 is 16.0 Å². The van der Waals surface area contributed by atoms with E-state index in [0.717, 1.165) is 43.1 Å². The summed E-state index contributed by atoms with van der Waals surface area (Å²) in [6.07, 6.45) is 2.28. The van der Waals surface area contributed by atoms with Crippen LogP contribution in [0.15, 0.2) is 29.3 Å². The number of piperidine rings is 1. The minimum absolute atomic E-state index is 0.0202. The Kier molecular flexibility index (Phi) is 8.10. The fraction of sp³-hybridized carbons (Fsp3) is 0.619. The molecule has 1 aromatic carbocycles. The summed E-state index contributed by atoms with van der Waals surface area (Å²) in [7, 11) is 1.81. The summed E-state index contributed by atoms with van der Waals surface area (Å²) in [6.45, 7) is 11.3. The maximum atomic E-state index is 11.7. The van der Waals surface area contributed by atoms with E-state index < -0.39 is 0 Å². The van der Waals surface area contributed by atoms with Crippen molar-refractivity contribution in [2.75, 3.05) is 25.5 Å². The summed E-state index contributed by atoms with van der Waals surface area (Å²) >= 11 is 0. The number of anilines is 1. The summed E-state index contributed by atoms with van der Waals surface area (Å²) in [5, 5.41) is 9.83. The molecule has 6 heteroatoms. The Morgan fingerprint density at radius 2 is 1.78 bits per heavy atom. The van der Waals surface area contributed by atoms with Crippen molar-refractivity contribution in [2.24, 2.45) is 10.9 Å². The highest BCUT2D eigenvalue weighted by molar-refractivity contribution is 5.92. The molecule has 1 fully saturated rings. The molecular formula is C21H35N5O. The van der Waals surface area contributed by atoms with Gasteiger partial charge in [-0.25, -0.2) is 0 Å². The maximum absolute atomic E-state index is 11.7. The van der Waals surface area contributed by atoms with Crippen LogP contribution in [0.3, 0.4) is 0 Å². The van der Waals surface area contributed by atoms with Crippen molar-refractivity contribution in [3.8, 4) is 0 Å². The average molecular weight is 374 g/mol. The lowest BCUT2D eigenvalue weighted by Gasteiger charge is -2.35. The Hall–Kier alpha value is -2.08. The highest BCUT2D eigenvalue weighted by Gasteiger charge is 2.21. The molecule has 1 amide bonds. The smallest absolute Gasteiger partial charge is 0.226 e. The van der Waals surface area contributed by atoms with Crippen molar-refractivity contribution in [1.82, 2.24) is 15.5 Å². The van der Waals surface area contributed by atoms with E-state index in [-0.39, 0.29) is 11.8 Å². The lowest BCUT2D eigenvalue weighted by atomic mass is 10.0. The zero-order valence-electron chi connectivity index (χ0n) is 17.4. The van der Waals surface area contributed by atoms with Crippen molar-refractivity contribution in [2.45, 2.75) is 59.2 Å². The molecule has 0 radical (unpaired) electrons. The molecular weight excluding hydrogens is 338 g/mol. The van der Waals surface area contributed by atoms with Gasteiger partial charge in [-0.05, 0) is 44.4 Å². The molecule has 1 aromatic rings. The van der Waals surface area contributed by atoms with Gasteiger partial charge >= 0.3 is 0 Å². The van der Waals surface area contributed by atoms with Crippen LogP contribution >= 0.6 is 0 Å². The fourth-order valence-corrected chi connectivity index (χ4v) is 3.13. The number of nitrogens with one attached hydrogen (secondary N) is 3. The largest absolute Gasteiger partial charge is 0.354 e. The molecule has 1 aliphatic heterocycles. The molecule has 1 saturated heterocycles. The summed E-state index contributed by atoms with van der Waals surface area (Å²) < 4.78 is 0. The van der Waals surface area contributed by atoms with E-state index >= 15 is 0 Å². The van der Waals surface area contributed by atoms with Crippen LogP contribution in [0.25, 0.3) is 0 Å². The van der Waals surface area contributed by atoms with E-state index in [2.05, 4.69) is 39.7 Å². The maximum Gasteiger partial charge on any atom is 0.226 e. The molecule has 0 aromatic heterocycles. The molecule has 6 nitrogen and oxygen atoms in total. The second-order valence-electron chi connectivity index (χ2n) is 7.81. The minimum Gasteiger partial charge on any atom is -0.354 e. The molecule has 3 N–H and O–H groups in total. The number of guanidine groups is 1. The fourth-order valence-electron chi connectivity index (χ4n) is 3.13. The van der Waals surface area contributed by atoms with Crippen LogP contribution in [0, 0.1) is 5.92 Å². The zero-order valence-corrected chi connectivity index (χ0v) is 17.4. The first-order valence-corrected chi connectivity index (χ1v) is 10.00. The van der Waals surface area contributed by atoms with Gasteiger partial charge in [0, 0.05) is 50.4 Å². The van der Waals surface area contributed by atoms with Gasteiger partial charge in [-0.15, -0.1) is 0 Å². The Balaban J connectivity index is 1.78. The molecule has 27 heavy (non-hydrogen) atoms. The molecule has 0 aliphatic carbocycles. The molecule has 2 rings (SSSR count). The van der Waals surface area contributed by atoms with Gasteiger partial charge in [-0.2, -0.15) is 0 Å². The first-order valence-electron chi connectivity index (χ1n) is 10.00. The third kappa shape index (κ3) is 6.86. The molecule has 150 valence electrons. The molecule has 1 aliphatic rings. The summed E-state index contributed by atoms with van der Waals surface area (Å²) in [5.74, 6) is 0.859. The van der Waals surface area contributed by atoms with E-state index in [1.807, 2.05) is 45.2 Å². The molecule has 0 unspecified atom stereocenters. The topological polar surface area (TPSA) is 68.8 Å². The van der Waals surface area contributed by atoms with E-state index in [0.29, 0.717) is 18.6 Å². The van der Waals surface area contributed by atoms with Crippen molar-refractivity contribution in [3.05, 3.63) is 29.8 Å². The van der Waals surface area contributed by atoms with Gasteiger partial charge in [0.1, 0.15) is 0 Å². The quantitative estimate of drug-likeness (QED) is 0.530. The normalized spacial score (nSPS) is 16.6. The van der Waals surface area contributed by atoms with Crippen LogP contribution in [-0.2, 0) is 11.3 Å². The molecule has 0 saturated carbocycles. The standard InChI is InChI=1S/C21H35N5O/c1-15(2)20(27)24-18-8-6-17(7-9-18)14-23-21(22-5)25-19-10-12-26(13-11-19)16(3)4/h6-9,15-16,19H,10-14H2,1-5H3,(H,24,27)(H2,22,23,25). The second-order valence-corrected chi connectivity index (χ2v) is 7.81. The number of amides is 1. The number of aliphatic imine (C=N–C) groups is 1. The van der Waals surface area contributed by atoms with E-state index in [4.69, 9.17) is 0 Å². The first-order chi connectivity index (χ1) is 12.9. The Morgan fingerprint density at radius 1 is 1.15 bits per heavy atom. The number of rotatable bonds is 6. The van der Waals surface area contributed by atoms with Crippen molar-refractivity contribution in [3.63, 3.8) is 0 Å². The number of benzene rings is 1. The number of nitrogens with zero attached hydrogens (tertiary/aromatic N) is 2. The number of likely N-dealkylation sites (tertiary alicyclic amines) is 1. The number of carbonyl (C=O) groups excluding carboxylic acids is 1. The van der Waals surface area contributed by atoms with Crippen LogP contribution in [0.5, 0.6) is 0 Å². The number of hydrogen-bond acceptors (Lipinski definition) is 3. The van der Waals surface area contributed by atoms with Gasteiger partial charge < -0.3 is 20.9 Å². The van der Waals surface area contributed by atoms with Crippen LogP contribution in [-0.4, -0.2) is 49.0 Å². The van der Waals surface area contributed by atoms with Gasteiger partial charge in [0.2, 0.25) is 5.91 Å². The van der Waals surface area contributed by atoms with Crippen molar-refractivity contribution >= 4 is 17.6 Å². The molecule has 0 atom stereocenters. The van der Waals surface area contributed by atoms with Gasteiger partial charge in [0.15, 0.2) is 5.96 Å². The first kappa shape index (κ1) is 21.2. The lowest BCUT2D eigenvalue weighted by molar-refractivity contribution is -0.118. The third-order valence-electron chi connectivity index (χ3n) is 5.03. The third-order valence-corrected chi connectivity index (χ3v) is 5.03. The summed E-state index contributed by atoms with van der Waals surface area (Å²) in [6, 6.07) is 9.02. The van der Waals surface area contributed by atoms with Crippen molar-refractivity contribution in [1.29, 1.82) is 0 Å². The highest BCUT2D eigenvalue weighted by atomic mass is 16.1. The highest BCUT2D eigenvalue weighted by Crippen LogP contribution is 2.13. The molecule has 0 spiro atoms. The molecule has 1 heterocycles. The zero-order chi connectivity index (χ0) is 19.8. The summed E-state index contributed by atoms with van der Waals surface area (Å²) in [5.41, 5.74) is 1.98. The van der Waals surface area contributed by atoms with Gasteiger partial charge in [-0.1, -0.05) is 26.0 Å².